The van der Waals surface area contributed by atoms with Crippen LogP contribution in [-0.2, 0) is 6.42 Å². The normalized spacial score (nSPS) is 11.0. The fourth-order valence-corrected chi connectivity index (χ4v) is 4.30. The summed E-state index contributed by atoms with van der Waals surface area (Å²) in [5, 5.41) is 3.78. The van der Waals surface area contributed by atoms with E-state index >= 15 is 0 Å². The highest BCUT2D eigenvalue weighted by atomic mass is 32.2. The number of hydrogen-bond donors (Lipinski definition) is 1. The molecule has 0 atom stereocenters. The van der Waals surface area contributed by atoms with Crippen molar-refractivity contribution in [1.82, 2.24) is 5.16 Å². The van der Waals surface area contributed by atoms with Crippen LogP contribution in [0.25, 0.3) is 11.3 Å². The van der Waals surface area contributed by atoms with E-state index < -0.39 is 0 Å². The second kappa shape index (κ2) is 7.66. The predicted octanol–water partition coefficient (Wildman–Crippen LogP) is 4.35. The maximum Gasteiger partial charge on any atom is 0.259 e. The summed E-state index contributed by atoms with van der Waals surface area (Å²) in [5.74, 6) is 0.361. The Morgan fingerprint density at radius 3 is 2.81 bits per heavy atom. The van der Waals surface area contributed by atoms with Gasteiger partial charge in [0.25, 0.3) is 5.91 Å². The van der Waals surface area contributed by atoms with Crippen LogP contribution in [0, 0.1) is 0 Å². The summed E-state index contributed by atoms with van der Waals surface area (Å²) >= 11 is 3.07. The number of nitrogens with two attached hydrogens (primary N) is 1. The van der Waals surface area contributed by atoms with Crippen LogP contribution in [0.2, 0.25) is 0 Å². The van der Waals surface area contributed by atoms with Gasteiger partial charge in [0.15, 0.2) is 5.76 Å². The minimum atomic E-state index is -0.355. The molecule has 21 heavy (non-hydrogen) atoms. The van der Waals surface area contributed by atoms with Crippen LogP contribution in [0.3, 0.4) is 0 Å². The quantitative estimate of drug-likeness (QED) is 0.579. The number of rotatable bonds is 8. The highest BCUT2D eigenvalue weighted by Gasteiger charge is 2.23. The minimum Gasteiger partial charge on any atom is -0.365 e. The third-order valence-corrected chi connectivity index (χ3v) is 5.71. The van der Waals surface area contributed by atoms with E-state index in [9.17, 15) is 4.79 Å². The molecule has 0 saturated heterocycles. The second-order valence-electron chi connectivity index (χ2n) is 4.83. The Morgan fingerprint density at radius 2 is 2.24 bits per heavy atom. The van der Waals surface area contributed by atoms with E-state index in [4.69, 9.17) is 10.3 Å². The lowest BCUT2D eigenvalue weighted by molar-refractivity contribution is 0.100. The summed E-state index contributed by atoms with van der Waals surface area (Å²) in [6.45, 7) is 2.19. The lowest BCUT2D eigenvalue weighted by Crippen LogP contribution is -2.11. The molecule has 0 aromatic carbocycles. The molecule has 6 heteroatoms. The van der Waals surface area contributed by atoms with Gasteiger partial charge in [-0.2, -0.15) is 0 Å². The van der Waals surface area contributed by atoms with Crippen molar-refractivity contribution in [3.05, 3.63) is 22.7 Å². The fourth-order valence-electron chi connectivity index (χ4n) is 2.35. The van der Waals surface area contributed by atoms with Gasteiger partial charge in [0.05, 0.1) is 15.3 Å². The molecule has 0 aliphatic carbocycles. The summed E-state index contributed by atoms with van der Waals surface area (Å²) in [6.07, 6.45) is 9.10. The number of thioether (sulfide) groups is 1. The number of aromatic nitrogens is 1. The summed E-state index contributed by atoms with van der Waals surface area (Å²) in [6, 6.07) is 1.84. The van der Waals surface area contributed by atoms with Crippen molar-refractivity contribution in [2.24, 2.45) is 5.73 Å². The first kappa shape index (κ1) is 16.1. The Labute approximate surface area is 133 Å². The Morgan fingerprint density at radius 1 is 1.43 bits per heavy atom. The number of amides is 1. The molecule has 0 radical (unpaired) electrons. The lowest BCUT2D eigenvalue weighted by atomic mass is 10.0. The monoisotopic (exact) mass is 324 g/mol. The molecule has 2 aromatic rings. The van der Waals surface area contributed by atoms with Crippen LogP contribution in [0.4, 0.5) is 0 Å². The standard InChI is InChI=1S/C15H20N2O2S2/c1-3-4-5-6-7-10-12(11-8-9-17-19-11)15(20-2)21-13(10)14(16)18/h8-9H,3-7H2,1-2H3,(H2,16,18). The van der Waals surface area contributed by atoms with Gasteiger partial charge in [0, 0.05) is 11.6 Å². The summed E-state index contributed by atoms with van der Waals surface area (Å²) < 4.78 is 6.38. The first-order valence-electron chi connectivity index (χ1n) is 7.09. The van der Waals surface area contributed by atoms with Gasteiger partial charge in [0.2, 0.25) is 0 Å². The number of primary amides is 1. The minimum absolute atomic E-state index is 0.355. The molecule has 0 unspecified atom stereocenters. The Hall–Kier alpha value is -1.27. The van der Waals surface area contributed by atoms with Crippen molar-refractivity contribution >= 4 is 29.0 Å². The van der Waals surface area contributed by atoms with Gasteiger partial charge in [-0.3, -0.25) is 4.79 Å². The molecule has 0 fully saturated rings. The van der Waals surface area contributed by atoms with Crippen LogP contribution in [-0.4, -0.2) is 17.3 Å². The molecular weight excluding hydrogens is 304 g/mol. The molecule has 2 heterocycles. The number of hydrogen-bond acceptors (Lipinski definition) is 5. The van der Waals surface area contributed by atoms with Crippen LogP contribution in [0.15, 0.2) is 21.0 Å². The molecule has 0 spiro atoms. The highest BCUT2D eigenvalue weighted by molar-refractivity contribution is 8.00. The maximum atomic E-state index is 11.7. The van der Waals surface area contributed by atoms with Gasteiger partial charge in [-0.1, -0.05) is 31.3 Å². The second-order valence-corrected chi connectivity index (χ2v) is 6.92. The lowest BCUT2D eigenvalue weighted by Gasteiger charge is -2.05. The van der Waals surface area contributed by atoms with Crippen molar-refractivity contribution in [3.8, 4) is 11.3 Å². The molecule has 2 aromatic heterocycles. The largest absolute Gasteiger partial charge is 0.365 e. The summed E-state index contributed by atoms with van der Waals surface area (Å²) in [7, 11) is 0. The Kier molecular flexibility index (Phi) is 5.87. The Bertz CT molecular complexity index is 591. The Balaban J connectivity index is 2.38. The van der Waals surface area contributed by atoms with E-state index in [0.717, 1.165) is 34.6 Å². The molecule has 0 aliphatic heterocycles. The molecule has 0 aliphatic rings. The van der Waals surface area contributed by atoms with E-state index in [-0.39, 0.29) is 5.91 Å². The summed E-state index contributed by atoms with van der Waals surface area (Å²) in [5.41, 5.74) is 7.57. The number of nitrogens with zero attached hydrogens (tertiary/aromatic N) is 1. The van der Waals surface area contributed by atoms with Crippen molar-refractivity contribution < 1.29 is 9.32 Å². The fraction of sp³-hybridized carbons (Fsp3) is 0.467. The molecule has 114 valence electrons. The SMILES string of the molecule is CCCCCCc1c(C(N)=O)sc(SC)c1-c1ccno1. The van der Waals surface area contributed by atoms with Crippen LogP contribution >= 0.6 is 23.1 Å². The smallest absolute Gasteiger partial charge is 0.259 e. The molecule has 1 amide bonds. The number of carbonyl (C=O) groups is 1. The number of carbonyl (C=O) groups excluding carboxylic acids is 1. The predicted molar refractivity (Wildman–Crippen MR) is 88.0 cm³/mol. The van der Waals surface area contributed by atoms with Crippen LogP contribution in [0.1, 0.15) is 47.8 Å². The van der Waals surface area contributed by atoms with Gasteiger partial charge in [-0.05, 0) is 24.7 Å². The molecule has 0 bridgehead atoms. The van der Waals surface area contributed by atoms with Gasteiger partial charge >= 0.3 is 0 Å². The van der Waals surface area contributed by atoms with Gasteiger partial charge < -0.3 is 10.3 Å². The topological polar surface area (TPSA) is 69.1 Å². The van der Waals surface area contributed by atoms with Crippen LogP contribution < -0.4 is 5.73 Å². The van der Waals surface area contributed by atoms with Gasteiger partial charge in [-0.25, -0.2) is 0 Å². The van der Waals surface area contributed by atoms with Crippen molar-refractivity contribution in [2.45, 2.75) is 43.2 Å². The van der Waals surface area contributed by atoms with Crippen molar-refractivity contribution in [3.63, 3.8) is 0 Å². The summed E-state index contributed by atoms with van der Waals surface area (Å²) in [4.78, 5) is 12.4. The van der Waals surface area contributed by atoms with Gasteiger partial charge in [0.1, 0.15) is 0 Å². The van der Waals surface area contributed by atoms with E-state index in [0.29, 0.717) is 10.6 Å². The highest BCUT2D eigenvalue weighted by Crippen LogP contribution is 2.42. The number of unbranched alkanes of at least 4 members (excludes halogenated alkanes) is 3. The molecule has 4 nitrogen and oxygen atoms in total. The zero-order valence-electron chi connectivity index (χ0n) is 12.3. The average Bonchev–Trinajstić information content (AvgIpc) is 3.10. The number of thiophene rings is 1. The first-order chi connectivity index (χ1) is 10.2. The van der Waals surface area contributed by atoms with Crippen molar-refractivity contribution in [1.29, 1.82) is 0 Å². The molecule has 2 N–H and O–H groups in total. The third-order valence-electron chi connectivity index (χ3n) is 3.35. The van der Waals surface area contributed by atoms with E-state index in [2.05, 4.69) is 12.1 Å². The van der Waals surface area contributed by atoms with E-state index in [1.54, 1.807) is 18.0 Å². The van der Waals surface area contributed by atoms with E-state index in [1.165, 1.54) is 24.2 Å². The van der Waals surface area contributed by atoms with E-state index in [1.807, 2.05) is 12.3 Å². The zero-order chi connectivity index (χ0) is 15.2. The van der Waals surface area contributed by atoms with Crippen molar-refractivity contribution in [2.75, 3.05) is 6.26 Å². The van der Waals surface area contributed by atoms with Crippen LogP contribution in [0.5, 0.6) is 0 Å². The first-order valence-corrected chi connectivity index (χ1v) is 9.13. The third kappa shape index (κ3) is 3.68. The van der Waals surface area contributed by atoms with Gasteiger partial charge in [-0.15, -0.1) is 23.1 Å². The molecular formula is C15H20N2O2S2. The average molecular weight is 324 g/mol. The maximum absolute atomic E-state index is 11.7. The molecule has 0 saturated carbocycles. The zero-order valence-corrected chi connectivity index (χ0v) is 14.0. The molecule has 2 rings (SSSR count).